The van der Waals surface area contributed by atoms with Gasteiger partial charge in [0.15, 0.2) is 0 Å². The summed E-state index contributed by atoms with van der Waals surface area (Å²) in [5, 5.41) is 9.09. The van der Waals surface area contributed by atoms with Crippen LogP contribution in [-0.2, 0) is 4.79 Å². The molecule has 1 aromatic rings. The molecule has 1 aliphatic rings. The van der Waals surface area contributed by atoms with Crippen LogP contribution in [0, 0.1) is 5.82 Å². The van der Waals surface area contributed by atoms with Gasteiger partial charge in [0.05, 0.1) is 0 Å². The Labute approximate surface area is 98.8 Å². The molecule has 1 heterocycles. The average Bonchev–Trinajstić information content (AvgIpc) is 2.29. The van der Waals surface area contributed by atoms with E-state index in [2.05, 4.69) is 0 Å². The van der Waals surface area contributed by atoms with Crippen molar-refractivity contribution in [2.45, 2.75) is 18.4 Å². The van der Waals surface area contributed by atoms with E-state index in [4.69, 9.17) is 10.8 Å². The van der Waals surface area contributed by atoms with E-state index >= 15 is 0 Å². The zero-order chi connectivity index (χ0) is 12.5. The molecule has 92 valence electrons. The van der Waals surface area contributed by atoms with Gasteiger partial charge in [0.25, 0.3) is 0 Å². The molecule has 17 heavy (non-hydrogen) atoms. The maximum absolute atomic E-state index is 13.1. The summed E-state index contributed by atoms with van der Waals surface area (Å²) in [6, 6.07) is 6.13. The summed E-state index contributed by atoms with van der Waals surface area (Å²) in [7, 11) is 0. The summed E-state index contributed by atoms with van der Waals surface area (Å²) in [6.45, 7) is 0.918. The minimum Gasteiger partial charge on any atom is -0.480 e. The molecule has 2 rings (SSSR count). The van der Waals surface area contributed by atoms with Crippen molar-refractivity contribution in [2.24, 2.45) is 5.73 Å². The normalized spacial score (nSPS) is 24.7. The van der Waals surface area contributed by atoms with Crippen molar-refractivity contribution in [2.75, 3.05) is 18.0 Å². The molecule has 1 atom stereocenters. The Morgan fingerprint density at radius 2 is 2.29 bits per heavy atom. The van der Waals surface area contributed by atoms with Crippen LogP contribution >= 0.6 is 0 Å². The number of carbonyl (C=O) groups is 1. The first kappa shape index (κ1) is 11.9. The molecular weight excluding hydrogens is 223 g/mol. The fourth-order valence-electron chi connectivity index (χ4n) is 2.15. The predicted octanol–water partition coefficient (Wildman–Crippen LogP) is 1.21. The number of rotatable bonds is 2. The third kappa shape index (κ3) is 2.39. The molecule has 0 bridgehead atoms. The lowest BCUT2D eigenvalue weighted by atomic mass is 9.90. The molecule has 1 aromatic carbocycles. The molecule has 1 unspecified atom stereocenters. The number of aliphatic carboxylic acids is 1. The van der Waals surface area contributed by atoms with E-state index in [9.17, 15) is 9.18 Å². The minimum atomic E-state index is -1.23. The Bertz CT molecular complexity index is 438. The van der Waals surface area contributed by atoms with Crippen LogP contribution < -0.4 is 10.6 Å². The highest BCUT2D eigenvalue weighted by Crippen LogP contribution is 2.25. The van der Waals surface area contributed by atoms with Crippen LogP contribution in [0.3, 0.4) is 0 Å². The van der Waals surface area contributed by atoms with Crippen LogP contribution in [0.1, 0.15) is 12.8 Å². The molecule has 1 fully saturated rings. The fraction of sp³-hybridized carbons (Fsp3) is 0.417. The number of hydrogen-bond donors (Lipinski definition) is 2. The second kappa shape index (κ2) is 4.33. The highest BCUT2D eigenvalue weighted by atomic mass is 19.1. The monoisotopic (exact) mass is 238 g/mol. The van der Waals surface area contributed by atoms with Gasteiger partial charge in [0.2, 0.25) is 0 Å². The van der Waals surface area contributed by atoms with Gasteiger partial charge in [-0.15, -0.1) is 0 Å². The van der Waals surface area contributed by atoms with Crippen LogP contribution in [0.5, 0.6) is 0 Å². The third-order valence-electron chi connectivity index (χ3n) is 3.12. The van der Waals surface area contributed by atoms with Gasteiger partial charge in [-0.25, -0.2) is 4.39 Å². The fourth-order valence-corrected chi connectivity index (χ4v) is 2.15. The highest BCUT2D eigenvalue weighted by Gasteiger charge is 2.38. The second-order valence-corrected chi connectivity index (χ2v) is 4.47. The number of piperidine rings is 1. The molecule has 0 radical (unpaired) electrons. The maximum atomic E-state index is 13.1. The highest BCUT2D eigenvalue weighted by molar-refractivity contribution is 5.80. The summed E-state index contributed by atoms with van der Waals surface area (Å²) in [4.78, 5) is 12.9. The second-order valence-electron chi connectivity index (χ2n) is 4.47. The average molecular weight is 238 g/mol. The number of benzene rings is 1. The first-order valence-corrected chi connectivity index (χ1v) is 5.54. The van der Waals surface area contributed by atoms with E-state index in [1.54, 1.807) is 12.1 Å². The third-order valence-corrected chi connectivity index (χ3v) is 3.12. The van der Waals surface area contributed by atoms with Gasteiger partial charge in [-0.2, -0.15) is 0 Å². The van der Waals surface area contributed by atoms with Gasteiger partial charge in [-0.3, -0.25) is 4.79 Å². The Morgan fingerprint density at radius 3 is 2.94 bits per heavy atom. The largest absolute Gasteiger partial charge is 0.480 e. The van der Waals surface area contributed by atoms with Crippen molar-refractivity contribution in [1.82, 2.24) is 0 Å². The van der Waals surface area contributed by atoms with E-state index in [0.29, 0.717) is 25.1 Å². The molecular formula is C12H15FN2O2. The smallest absolute Gasteiger partial charge is 0.325 e. The van der Waals surface area contributed by atoms with Crippen LogP contribution in [0.4, 0.5) is 10.1 Å². The summed E-state index contributed by atoms with van der Waals surface area (Å²) >= 11 is 0. The Hall–Kier alpha value is -1.62. The number of carboxylic acid groups (broad SMARTS) is 1. The van der Waals surface area contributed by atoms with E-state index in [1.807, 2.05) is 4.90 Å². The lowest BCUT2D eigenvalue weighted by Crippen LogP contribution is -2.59. The van der Waals surface area contributed by atoms with Crippen LogP contribution in [-0.4, -0.2) is 29.7 Å². The number of hydrogen-bond acceptors (Lipinski definition) is 3. The molecule has 1 aliphatic heterocycles. The van der Waals surface area contributed by atoms with Crippen LogP contribution in [0.2, 0.25) is 0 Å². The van der Waals surface area contributed by atoms with Gasteiger partial charge < -0.3 is 15.7 Å². The maximum Gasteiger partial charge on any atom is 0.325 e. The number of halogens is 1. The van der Waals surface area contributed by atoms with Crippen LogP contribution in [0.15, 0.2) is 24.3 Å². The quantitative estimate of drug-likeness (QED) is 0.812. The van der Waals surface area contributed by atoms with E-state index in [-0.39, 0.29) is 12.4 Å². The molecule has 1 saturated heterocycles. The van der Waals surface area contributed by atoms with Crippen molar-refractivity contribution in [3.63, 3.8) is 0 Å². The molecule has 0 aromatic heterocycles. The van der Waals surface area contributed by atoms with Gasteiger partial charge in [-0.1, -0.05) is 6.07 Å². The molecule has 0 saturated carbocycles. The van der Waals surface area contributed by atoms with Crippen molar-refractivity contribution in [3.05, 3.63) is 30.1 Å². The first-order chi connectivity index (χ1) is 8.01. The van der Waals surface area contributed by atoms with Crippen LogP contribution in [0.25, 0.3) is 0 Å². The zero-order valence-corrected chi connectivity index (χ0v) is 9.40. The lowest BCUT2D eigenvalue weighted by molar-refractivity contribution is -0.143. The minimum absolute atomic E-state index is 0.214. The van der Waals surface area contributed by atoms with Gasteiger partial charge in [0, 0.05) is 18.8 Å². The van der Waals surface area contributed by atoms with Gasteiger partial charge in [-0.05, 0) is 31.0 Å². The topological polar surface area (TPSA) is 66.6 Å². The summed E-state index contributed by atoms with van der Waals surface area (Å²) in [6.07, 6.45) is 1.15. The summed E-state index contributed by atoms with van der Waals surface area (Å²) < 4.78 is 13.1. The standard InChI is InChI=1S/C12H15FN2O2/c13-9-3-1-4-10(7-9)15-6-2-5-12(14,8-15)11(16)17/h1,3-4,7H,2,5-6,8,14H2,(H,16,17). The molecule has 0 aliphatic carbocycles. The van der Waals surface area contributed by atoms with Gasteiger partial charge >= 0.3 is 5.97 Å². The SMILES string of the molecule is NC1(C(=O)O)CCCN(c2cccc(F)c2)C1. The number of anilines is 1. The Balaban J connectivity index is 2.20. The van der Waals surface area contributed by atoms with Crippen molar-refractivity contribution >= 4 is 11.7 Å². The molecule has 5 heteroatoms. The predicted molar refractivity (Wildman–Crippen MR) is 62.4 cm³/mol. The van der Waals surface area contributed by atoms with E-state index < -0.39 is 11.5 Å². The molecule has 4 nitrogen and oxygen atoms in total. The molecule has 0 amide bonds. The number of nitrogens with two attached hydrogens (primary N) is 1. The van der Waals surface area contributed by atoms with E-state index in [1.165, 1.54) is 12.1 Å². The molecule has 3 N–H and O–H groups in total. The molecule has 0 spiro atoms. The van der Waals surface area contributed by atoms with E-state index in [0.717, 1.165) is 0 Å². The van der Waals surface area contributed by atoms with Gasteiger partial charge in [0.1, 0.15) is 11.4 Å². The zero-order valence-electron chi connectivity index (χ0n) is 9.40. The summed E-state index contributed by atoms with van der Waals surface area (Å²) in [5.41, 5.74) is 5.28. The van der Waals surface area contributed by atoms with Crippen molar-refractivity contribution < 1.29 is 14.3 Å². The Morgan fingerprint density at radius 1 is 1.53 bits per heavy atom. The van der Waals surface area contributed by atoms with Crippen molar-refractivity contribution in [3.8, 4) is 0 Å². The number of carboxylic acids is 1. The number of nitrogens with zero attached hydrogens (tertiary/aromatic N) is 1. The first-order valence-electron chi connectivity index (χ1n) is 5.54. The van der Waals surface area contributed by atoms with Crippen molar-refractivity contribution in [1.29, 1.82) is 0 Å². The Kier molecular flexibility index (Phi) is 3.02. The summed E-state index contributed by atoms with van der Waals surface area (Å²) in [5.74, 6) is -1.33. The lowest BCUT2D eigenvalue weighted by Gasteiger charge is -2.38.